The molecule has 6 rings (SSSR count). The van der Waals surface area contributed by atoms with Crippen molar-refractivity contribution < 1.29 is 8.81 Å². The van der Waals surface area contributed by atoms with Crippen LogP contribution in [-0.4, -0.2) is 0 Å². The highest BCUT2D eigenvalue weighted by Gasteiger charge is 2.14. The van der Waals surface area contributed by atoms with E-state index < -0.39 is 0 Å². The first-order valence-corrected chi connectivity index (χ1v) is 10.3. The fourth-order valence-corrected chi connectivity index (χ4v) is 4.47. The summed E-state index contributed by atoms with van der Waals surface area (Å²) >= 11 is 0. The number of rotatable bonds is 2. The second-order valence-electron chi connectivity index (χ2n) is 7.79. The van der Waals surface area contributed by atoms with Crippen LogP contribution in [0.15, 0.2) is 101 Å². The number of halogens is 1. The van der Waals surface area contributed by atoms with Crippen LogP contribution in [-0.2, 0) is 0 Å². The maximum absolute atomic E-state index is 14.8. The molecule has 0 unspecified atom stereocenters. The van der Waals surface area contributed by atoms with Gasteiger partial charge in [0.05, 0.1) is 6.57 Å². The van der Waals surface area contributed by atoms with E-state index in [1.807, 2.05) is 54.6 Å². The molecule has 150 valence electrons. The van der Waals surface area contributed by atoms with Crippen molar-refractivity contribution in [2.45, 2.75) is 0 Å². The van der Waals surface area contributed by atoms with Crippen molar-refractivity contribution in [1.82, 2.24) is 0 Å². The molecule has 0 fully saturated rings. The molecule has 0 amide bonds. The summed E-state index contributed by atoms with van der Waals surface area (Å²) in [4.78, 5) is 3.33. The highest BCUT2D eigenvalue weighted by Crippen LogP contribution is 2.39. The van der Waals surface area contributed by atoms with Gasteiger partial charge in [-0.05, 0) is 51.7 Å². The molecule has 0 atom stereocenters. The van der Waals surface area contributed by atoms with Gasteiger partial charge in [-0.2, -0.15) is 0 Å². The van der Waals surface area contributed by atoms with Crippen LogP contribution < -0.4 is 0 Å². The van der Waals surface area contributed by atoms with E-state index in [9.17, 15) is 4.39 Å². The molecule has 0 spiro atoms. The minimum Gasteiger partial charge on any atom is -0.456 e. The Hall–Kier alpha value is -4.42. The monoisotopic (exact) mass is 413 g/mol. The summed E-state index contributed by atoms with van der Waals surface area (Å²) in [5.41, 5.74) is 5.50. The molecule has 0 bridgehead atoms. The molecule has 0 saturated carbocycles. The van der Waals surface area contributed by atoms with Gasteiger partial charge in [0.1, 0.15) is 17.0 Å². The minimum absolute atomic E-state index is 0.299. The van der Waals surface area contributed by atoms with Crippen molar-refractivity contribution in [2.24, 2.45) is 0 Å². The van der Waals surface area contributed by atoms with Gasteiger partial charge in [0.2, 0.25) is 0 Å². The van der Waals surface area contributed by atoms with Gasteiger partial charge in [0, 0.05) is 16.3 Å². The number of para-hydroxylation sites is 1. The van der Waals surface area contributed by atoms with E-state index >= 15 is 0 Å². The number of benzene rings is 5. The van der Waals surface area contributed by atoms with E-state index in [2.05, 4.69) is 29.1 Å². The molecular formula is C29H16FNO. The standard InChI is InChI=1S/C29H16FNO/c1-31-19-11-12-24(27(30)17-19)23-14-13-20(21-6-2-3-7-22(21)23)18-10-15-29-26(16-18)25-8-4-5-9-28(25)32-29/h2-17H. The van der Waals surface area contributed by atoms with Gasteiger partial charge in [0.15, 0.2) is 5.69 Å². The van der Waals surface area contributed by atoms with Crippen molar-refractivity contribution in [1.29, 1.82) is 0 Å². The summed E-state index contributed by atoms with van der Waals surface area (Å²) in [6.07, 6.45) is 0. The summed E-state index contributed by atoms with van der Waals surface area (Å²) < 4.78 is 20.8. The zero-order chi connectivity index (χ0) is 21.7. The molecule has 0 aliphatic heterocycles. The third-order valence-electron chi connectivity index (χ3n) is 5.98. The smallest absolute Gasteiger partial charge is 0.190 e. The lowest BCUT2D eigenvalue weighted by Gasteiger charge is -2.13. The van der Waals surface area contributed by atoms with Crippen LogP contribution in [0.1, 0.15) is 0 Å². The number of nitrogens with zero attached hydrogens (tertiary/aromatic N) is 1. The van der Waals surface area contributed by atoms with Crippen molar-refractivity contribution in [2.75, 3.05) is 0 Å². The summed E-state index contributed by atoms with van der Waals surface area (Å²) in [6.45, 7) is 7.12. The van der Waals surface area contributed by atoms with E-state index in [-0.39, 0.29) is 5.82 Å². The molecule has 6 aromatic rings. The van der Waals surface area contributed by atoms with E-state index in [0.29, 0.717) is 11.3 Å². The first-order chi connectivity index (χ1) is 15.7. The average Bonchev–Trinajstić information content (AvgIpc) is 3.21. The van der Waals surface area contributed by atoms with Crippen LogP contribution in [0.25, 0.3) is 59.8 Å². The summed E-state index contributed by atoms with van der Waals surface area (Å²) in [6, 6.07) is 31.0. The minimum atomic E-state index is -0.386. The molecule has 1 heterocycles. The zero-order valence-electron chi connectivity index (χ0n) is 17.0. The molecule has 0 aliphatic rings. The van der Waals surface area contributed by atoms with Crippen LogP contribution in [0.2, 0.25) is 0 Å². The maximum atomic E-state index is 14.8. The van der Waals surface area contributed by atoms with Crippen molar-refractivity contribution >= 4 is 38.4 Å². The quantitative estimate of drug-likeness (QED) is 0.259. The molecular weight excluding hydrogens is 397 g/mol. The Morgan fingerprint density at radius 3 is 2.03 bits per heavy atom. The highest BCUT2D eigenvalue weighted by atomic mass is 19.1. The van der Waals surface area contributed by atoms with E-state index in [1.165, 1.54) is 6.07 Å². The fraction of sp³-hybridized carbons (Fsp3) is 0. The average molecular weight is 413 g/mol. The van der Waals surface area contributed by atoms with Crippen LogP contribution in [0, 0.1) is 12.4 Å². The van der Waals surface area contributed by atoms with E-state index in [1.54, 1.807) is 12.1 Å². The number of hydrogen-bond acceptors (Lipinski definition) is 1. The van der Waals surface area contributed by atoms with E-state index in [4.69, 9.17) is 11.0 Å². The van der Waals surface area contributed by atoms with E-state index in [0.717, 1.165) is 49.4 Å². The Balaban J connectivity index is 1.58. The third kappa shape index (κ3) is 2.78. The second-order valence-corrected chi connectivity index (χ2v) is 7.79. The predicted molar refractivity (Wildman–Crippen MR) is 128 cm³/mol. The second kappa shape index (κ2) is 7.08. The number of furan rings is 1. The van der Waals surface area contributed by atoms with Gasteiger partial charge in [0.25, 0.3) is 0 Å². The normalized spacial score (nSPS) is 11.2. The Kier molecular flexibility index (Phi) is 4.06. The zero-order valence-corrected chi connectivity index (χ0v) is 17.0. The van der Waals surface area contributed by atoms with Crippen LogP contribution in [0.4, 0.5) is 10.1 Å². The Morgan fingerprint density at radius 2 is 1.25 bits per heavy atom. The fourth-order valence-electron chi connectivity index (χ4n) is 4.47. The maximum Gasteiger partial charge on any atom is 0.190 e. The molecule has 5 aromatic carbocycles. The number of fused-ring (bicyclic) bond motifs is 4. The van der Waals surface area contributed by atoms with Gasteiger partial charge in [-0.1, -0.05) is 72.8 Å². The molecule has 0 N–H and O–H groups in total. The summed E-state index contributed by atoms with van der Waals surface area (Å²) in [5.74, 6) is -0.386. The Labute approximate surface area is 184 Å². The number of hydrogen-bond donors (Lipinski definition) is 0. The lowest BCUT2D eigenvalue weighted by Crippen LogP contribution is -1.89. The van der Waals surface area contributed by atoms with Crippen LogP contribution in [0.5, 0.6) is 0 Å². The van der Waals surface area contributed by atoms with Crippen LogP contribution >= 0.6 is 0 Å². The van der Waals surface area contributed by atoms with Gasteiger partial charge in [-0.3, -0.25) is 0 Å². The first-order valence-electron chi connectivity index (χ1n) is 10.3. The van der Waals surface area contributed by atoms with Gasteiger partial charge in [-0.15, -0.1) is 0 Å². The molecule has 0 radical (unpaired) electrons. The molecule has 32 heavy (non-hydrogen) atoms. The van der Waals surface area contributed by atoms with Gasteiger partial charge in [-0.25, -0.2) is 9.24 Å². The van der Waals surface area contributed by atoms with Crippen LogP contribution in [0.3, 0.4) is 0 Å². The van der Waals surface area contributed by atoms with Crippen molar-refractivity contribution in [3.05, 3.63) is 114 Å². The summed E-state index contributed by atoms with van der Waals surface area (Å²) in [7, 11) is 0. The predicted octanol–water partition coefficient (Wildman–Crippen LogP) is 8.76. The Morgan fingerprint density at radius 1 is 0.594 bits per heavy atom. The lowest BCUT2D eigenvalue weighted by molar-refractivity contribution is 0.632. The molecule has 2 nitrogen and oxygen atoms in total. The van der Waals surface area contributed by atoms with Gasteiger partial charge < -0.3 is 4.42 Å². The largest absolute Gasteiger partial charge is 0.456 e. The molecule has 1 aromatic heterocycles. The molecule has 0 aliphatic carbocycles. The lowest BCUT2D eigenvalue weighted by atomic mass is 9.91. The summed E-state index contributed by atoms with van der Waals surface area (Å²) in [5, 5.41) is 4.18. The molecule has 3 heteroatoms. The van der Waals surface area contributed by atoms with Crippen molar-refractivity contribution in [3.63, 3.8) is 0 Å². The first kappa shape index (κ1) is 18.4. The third-order valence-corrected chi connectivity index (χ3v) is 5.98. The topological polar surface area (TPSA) is 17.5 Å². The Bertz CT molecular complexity index is 1700. The highest BCUT2D eigenvalue weighted by molar-refractivity contribution is 6.09. The van der Waals surface area contributed by atoms with Crippen molar-refractivity contribution in [3.8, 4) is 22.3 Å². The SMILES string of the molecule is [C-]#[N+]c1ccc(-c2ccc(-c3ccc4oc5ccccc5c4c3)c3ccccc23)c(F)c1. The molecule has 0 saturated heterocycles. The van der Waals surface area contributed by atoms with Gasteiger partial charge >= 0.3 is 0 Å².